The van der Waals surface area contributed by atoms with Crippen LogP contribution >= 0.6 is 0 Å². The molecule has 14 heteroatoms. The fraction of sp³-hybridized carbons (Fsp3) is 0.216. The van der Waals surface area contributed by atoms with Gasteiger partial charge in [-0.3, -0.25) is 24.6 Å². The second-order valence-corrected chi connectivity index (χ2v) is 11.8. The molecule has 5 N–H and O–H groups in total. The quantitative estimate of drug-likeness (QED) is 0.108. The molecule has 0 radical (unpaired) electrons. The number of fused-ring (bicyclic) bond motifs is 1. The molecule has 1 heterocycles. The summed E-state index contributed by atoms with van der Waals surface area (Å²) in [5.41, 5.74) is 2.59. The molecule has 0 saturated heterocycles. The van der Waals surface area contributed by atoms with Crippen LogP contribution < -0.4 is 20.7 Å². The van der Waals surface area contributed by atoms with Crippen molar-refractivity contribution in [2.24, 2.45) is 0 Å². The molecule has 0 unspecified atom stereocenters. The van der Waals surface area contributed by atoms with Crippen molar-refractivity contribution in [3.05, 3.63) is 129 Å². The summed E-state index contributed by atoms with van der Waals surface area (Å²) in [6, 6.07) is 20.8. The molecule has 51 heavy (non-hydrogen) atoms. The van der Waals surface area contributed by atoms with Gasteiger partial charge in [0.15, 0.2) is 0 Å². The van der Waals surface area contributed by atoms with Gasteiger partial charge in [0.1, 0.15) is 18.1 Å². The number of carboxylic acids is 1. The van der Waals surface area contributed by atoms with Gasteiger partial charge in [-0.25, -0.2) is 0 Å². The van der Waals surface area contributed by atoms with E-state index in [4.69, 9.17) is 10.1 Å². The molecule has 264 valence electrons. The number of benzene rings is 4. The van der Waals surface area contributed by atoms with Gasteiger partial charge < -0.3 is 30.7 Å². The first kappa shape index (κ1) is 36.3. The Morgan fingerprint density at radius 1 is 0.961 bits per heavy atom. The molecule has 0 saturated carbocycles. The maximum atomic E-state index is 13.5. The van der Waals surface area contributed by atoms with E-state index < -0.39 is 42.5 Å². The first-order chi connectivity index (χ1) is 24.3. The molecule has 1 aliphatic heterocycles. The summed E-state index contributed by atoms with van der Waals surface area (Å²) in [5.74, 6) is -3.09. The maximum Gasteiger partial charge on any atom is 0.416 e. The number of rotatable bonds is 11. The van der Waals surface area contributed by atoms with Crippen LogP contribution in [-0.4, -0.2) is 59.7 Å². The number of alkyl halides is 3. The molecule has 0 spiro atoms. The average molecular weight is 702 g/mol. The van der Waals surface area contributed by atoms with Crippen molar-refractivity contribution in [2.75, 3.05) is 25.5 Å². The Hall–Kier alpha value is -6.02. The van der Waals surface area contributed by atoms with Crippen molar-refractivity contribution in [1.29, 1.82) is 5.41 Å². The molecule has 4 aromatic rings. The SMILES string of the molecule is COc1ccc(CC(=O)Nc2ccc(C(=O)N(CC(=O)O)Cc3ccc(C(=N)NC(=O)c4cccc5c4CCNC5)cc3)cc2)c(C(F)(F)F)c1. The number of carbonyl (C=O) groups is 4. The Morgan fingerprint density at radius 2 is 1.67 bits per heavy atom. The van der Waals surface area contributed by atoms with Gasteiger partial charge >= 0.3 is 12.1 Å². The highest BCUT2D eigenvalue weighted by atomic mass is 19.4. The van der Waals surface area contributed by atoms with E-state index in [-0.39, 0.29) is 40.9 Å². The van der Waals surface area contributed by atoms with Crippen LogP contribution in [0.1, 0.15) is 54.1 Å². The molecule has 3 amide bonds. The molecule has 4 aromatic carbocycles. The monoisotopic (exact) mass is 701 g/mol. The highest BCUT2D eigenvalue weighted by molar-refractivity contribution is 6.12. The van der Waals surface area contributed by atoms with Crippen LogP contribution in [-0.2, 0) is 41.7 Å². The third-order valence-corrected chi connectivity index (χ3v) is 8.24. The van der Waals surface area contributed by atoms with E-state index in [2.05, 4.69) is 16.0 Å². The zero-order chi connectivity index (χ0) is 36.7. The van der Waals surface area contributed by atoms with Crippen molar-refractivity contribution in [3.8, 4) is 5.75 Å². The zero-order valence-corrected chi connectivity index (χ0v) is 27.4. The molecule has 11 nitrogen and oxygen atoms in total. The Bertz CT molecular complexity index is 1960. The average Bonchev–Trinajstić information content (AvgIpc) is 3.10. The molecule has 1 aliphatic rings. The molecular formula is C37H34F3N5O6. The number of carbonyl (C=O) groups excluding carboxylic acids is 3. The van der Waals surface area contributed by atoms with Crippen LogP contribution in [0.4, 0.5) is 18.9 Å². The van der Waals surface area contributed by atoms with Gasteiger partial charge in [-0.15, -0.1) is 0 Å². The molecule has 0 fully saturated rings. The second-order valence-electron chi connectivity index (χ2n) is 11.8. The van der Waals surface area contributed by atoms with Crippen LogP contribution in [0.25, 0.3) is 0 Å². The number of ether oxygens (including phenoxy) is 1. The predicted octanol–water partition coefficient (Wildman–Crippen LogP) is 5.02. The molecule has 0 aromatic heterocycles. The van der Waals surface area contributed by atoms with Crippen LogP contribution in [0.5, 0.6) is 5.75 Å². The Kier molecular flexibility index (Phi) is 11.2. The number of hydrogen-bond donors (Lipinski definition) is 5. The van der Waals surface area contributed by atoms with Gasteiger partial charge in [0, 0.05) is 35.5 Å². The number of amides is 3. The van der Waals surface area contributed by atoms with Crippen LogP contribution in [0.2, 0.25) is 0 Å². The zero-order valence-electron chi connectivity index (χ0n) is 27.4. The van der Waals surface area contributed by atoms with E-state index >= 15 is 0 Å². The number of aliphatic carboxylic acids is 1. The lowest BCUT2D eigenvalue weighted by Gasteiger charge is -2.21. The van der Waals surface area contributed by atoms with E-state index in [0.717, 1.165) is 28.6 Å². The summed E-state index contributed by atoms with van der Waals surface area (Å²) in [7, 11) is 1.24. The normalized spacial score (nSPS) is 12.3. The summed E-state index contributed by atoms with van der Waals surface area (Å²) < 4.78 is 45.5. The molecule has 5 rings (SSSR count). The van der Waals surface area contributed by atoms with Crippen molar-refractivity contribution < 1.29 is 42.2 Å². The number of hydrogen-bond acceptors (Lipinski definition) is 7. The standard InChI is InChI=1S/C37H34F3N5O6/c1-51-28-14-11-25(31(18-28)37(38,39)40)17-32(46)43-27-12-9-24(10-13-27)36(50)45(21-33(47)48)20-22-5-7-23(8-6-22)34(41)44-35(49)30-4-2-3-26-19-42-16-15-29(26)30/h2-14,18,42H,15-17,19-21H2,1H3,(H,43,46)(H,47,48)(H2,41,44,49). The highest BCUT2D eigenvalue weighted by Gasteiger charge is 2.34. The van der Waals surface area contributed by atoms with Crippen LogP contribution in [0.3, 0.4) is 0 Å². The lowest BCUT2D eigenvalue weighted by Crippen LogP contribution is -2.35. The van der Waals surface area contributed by atoms with Crippen LogP contribution in [0, 0.1) is 5.41 Å². The van der Waals surface area contributed by atoms with Crippen LogP contribution in [0.15, 0.2) is 84.9 Å². The van der Waals surface area contributed by atoms with E-state index in [0.29, 0.717) is 29.7 Å². The number of amidine groups is 1. The van der Waals surface area contributed by atoms with Gasteiger partial charge in [0.05, 0.1) is 19.1 Å². The van der Waals surface area contributed by atoms with Gasteiger partial charge in [-0.1, -0.05) is 42.5 Å². The Balaban J connectivity index is 1.21. The topological polar surface area (TPSA) is 161 Å². The number of methoxy groups -OCH3 is 1. The number of halogens is 3. The largest absolute Gasteiger partial charge is 0.497 e. The predicted molar refractivity (Wildman–Crippen MR) is 182 cm³/mol. The third kappa shape index (κ3) is 9.16. The second kappa shape index (κ2) is 15.7. The first-order valence-electron chi connectivity index (χ1n) is 15.8. The molecule has 0 atom stereocenters. The van der Waals surface area contributed by atoms with Gasteiger partial charge in [0.25, 0.3) is 11.8 Å². The van der Waals surface area contributed by atoms with Crippen molar-refractivity contribution in [3.63, 3.8) is 0 Å². The minimum atomic E-state index is -4.70. The van der Waals surface area contributed by atoms with Gasteiger partial charge in [0.2, 0.25) is 5.91 Å². The minimum absolute atomic E-state index is 0.00146. The summed E-state index contributed by atoms with van der Waals surface area (Å²) >= 11 is 0. The summed E-state index contributed by atoms with van der Waals surface area (Å²) in [5, 5.41) is 26.3. The fourth-order valence-electron chi connectivity index (χ4n) is 5.72. The summed E-state index contributed by atoms with van der Waals surface area (Å²) in [6.45, 7) is 0.719. The van der Waals surface area contributed by atoms with Crippen molar-refractivity contribution in [2.45, 2.75) is 32.1 Å². The summed E-state index contributed by atoms with van der Waals surface area (Å²) in [4.78, 5) is 51.7. The maximum absolute atomic E-state index is 13.5. The number of anilines is 1. The van der Waals surface area contributed by atoms with E-state index in [1.807, 2.05) is 6.07 Å². The third-order valence-electron chi connectivity index (χ3n) is 8.24. The fourth-order valence-corrected chi connectivity index (χ4v) is 5.72. The number of nitrogens with one attached hydrogen (secondary N) is 4. The van der Waals surface area contributed by atoms with E-state index in [9.17, 15) is 37.5 Å². The molecular weight excluding hydrogens is 667 g/mol. The van der Waals surface area contributed by atoms with Crippen molar-refractivity contribution >= 4 is 35.2 Å². The number of carboxylic acid groups (broad SMARTS) is 1. The lowest BCUT2D eigenvalue weighted by molar-refractivity contribution is -0.139. The minimum Gasteiger partial charge on any atom is -0.497 e. The van der Waals surface area contributed by atoms with E-state index in [1.54, 1.807) is 36.4 Å². The van der Waals surface area contributed by atoms with Gasteiger partial charge in [-0.05, 0) is 77.7 Å². The highest BCUT2D eigenvalue weighted by Crippen LogP contribution is 2.35. The number of nitrogens with zero attached hydrogens (tertiary/aromatic N) is 1. The Morgan fingerprint density at radius 3 is 2.33 bits per heavy atom. The van der Waals surface area contributed by atoms with Gasteiger partial charge in [-0.2, -0.15) is 13.2 Å². The molecule has 0 bridgehead atoms. The molecule has 0 aliphatic carbocycles. The van der Waals surface area contributed by atoms with E-state index in [1.165, 1.54) is 43.5 Å². The Labute approximate surface area is 290 Å². The first-order valence-corrected chi connectivity index (χ1v) is 15.8. The lowest BCUT2D eigenvalue weighted by atomic mass is 9.95. The summed E-state index contributed by atoms with van der Waals surface area (Å²) in [6.07, 6.45) is -4.56. The van der Waals surface area contributed by atoms with Crippen molar-refractivity contribution in [1.82, 2.24) is 15.5 Å². The smallest absolute Gasteiger partial charge is 0.416 e.